The minimum Gasteiger partial charge on any atom is -0.406 e. The van der Waals surface area contributed by atoms with Crippen LogP contribution in [0.5, 0.6) is 5.75 Å². The third kappa shape index (κ3) is 6.09. The Hall–Kier alpha value is -1.76. The van der Waals surface area contributed by atoms with Crippen molar-refractivity contribution in [1.29, 1.82) is 5.41 Å². The third-order valence-electron chi connectivity index (χ3n) is 1.92. The summed E-state index contributed by atoms with van der Waals surface area (Å²) in [4.78, 5) is 0. The Morgan fingerprint density at radius 2 is 2.06 bits per heavy atom. The summed E-state index contributed by atoms with van der Waals surface area (Å²) in [7, 11) is 0. The van der Waals surface area contributed by atoms with Gasteiger partial charge in [-0.1, -0.05) is 12.1 Å². The molecule has 0 unspecified atom stereocenters. The average Bonchev–Trinajstić information content (AvgIpc) is 2.22. The lowest BCUT2D eigenvalue weighted by molar-refractivity contribution is -0.274. The van der Waals surface area contributed by atoms with E-state index < -0.39 is 6.36 Å². The van der Waals surface area contributed by atoms with Crippen molar-refractivity contribution in [2.24, 2.45) is 5.73 Å². The van der Waals surface area contributed by atoms with Crippen molar-refractivity contribution < 1.29 is 22.6 Å². The summed E-state index contributed by atoms with van der Waals surface area (Å²) in [6.45, 7) is 0.286. The van der Waals surface area contributed by atoms with Crippen LogP contribution in [0.15, 0.2) is 24.3 Å². The molecule has 0 saturated heterocycles. The minimum atomic E-state index is -4.69. The van der Waals surface area contributed by atoms with E-state index >= 15 is 0 Å². The molecule has 1 aromatic carbocycles. The van der Waals surface area contributed by atoms with Gasteiger partial charge in [0.1, 0.15) is 18.2 Å². The molecule has 7 heteroatoms. The molecule has 0 amide bonds. The lowest BCUT2D eigenvalue weighted by Gasteiger charge is -2.10. The van der Waals surface area contributed by atoms with Crippen molar-refractivity contribution in [1.82, 2.24) is 0 Å². The van der Waals surface area contributed by atoms with Gasteiger partial charge >= 0.3 is 6.36 Å². The molecular formula is C11H13F3N2O2. The van der Waals surface area contributed by atoms with Crippen LogP contribution in [0.25, 0.3) is 0 Å². The maximum atomic E-state index is 12.0. The highest BCUT2D eigenvalue weighted by atomic mass is 19.4. The molecule has 0 fully saturated rings. The second-order valence-corrected chi connectivity index (χ2v) is 3.52. The predicted octanol–water partition coefficient (Wildman–Crippen LogP) is 2.08. The monoisotopic (exact) mass is 262 g/mol. The molecular weight excluding hydrogens is 249 g/mol. The van der Waals surface area contributed by atoms with Crippen LogP contribution in [0.2, 0.25) is 0 Å². The molecule has 3 N–H and O–H groups in total. The van der Waals surface area contributed by atoms with E-state index in [0.29, 0.717) is 12.0 Å². The number of nitrogens with two attached hydrogens (primary N) is 1. The number of ether oxygens (including phenoxy) is 2. The number of alkyl halides is 3. The topological polar surface area (TPSA) is 68.3 Å². The maximum Gasteiger partial charge on any atom is 0.573 e. The Morgan fingerprint density at radius 3 is 2.67 bits per heavy atom. The highest BCUT2D eigenvalue weighted by Crippen LogP contribution is 2.23. The summed E-state index contributed by atoms with van der Waals surface area (Å²) in [5.74, 6) is -0.351. The average molecular weight is 262 g/mol. The van der Waals surface area contributed by atoms with Gasteiger partial charge in [0.05, 0.1) is 6.61 Å². The van der Waals surface area contributed by atoms with Gasteiger partial charge in [0, 0.05) is 0 Å². The van der Waals surface area contributed by atoms with Crippen LogP contribution in [0.4, 0.5) is 13.2 Å². The second kappa shape index (κ2) is 6.25. The fourth-order valence-corrected chi connectivity index (χ4v) is 1.27. The lowest BCUT2D eigenvalue weighted by atomic mass is 10.1. The van der Waals surface area contributed by atoms with Gasteiger partial charge in [-0.2, -0.15) is 0 Å². The van der Waals surface area contributed by atoms with E-state index in [4.69, 9.17) is 15.9 Å². The first-order chi connectivity index (χ1) is 8.37. The van der Waals surface area contributed by atoms with Gasteiger partial charge in [-0.25, -0.2) is 0 Å². The first-order valence-electron chi connectivity index (χ1n) is 5.12. The van der Waals surface area contributed by atoms with Crippen molar-refractivity contribution >= 4 is 5.84 Å². The van der Waals surface area contributed by atoms with Gasteiger partial charge in [0.2, 0.25) is 0 Å². The summed E-state index contributed by atoms with van der Waals surface area (Å²) >= 11 is 0. The van der Waals surface area contributed by atoms with Crippen molar-refractivity contribution in [3.63, 3.8) is 0 Å². The van der Waals surface area contributed by atoms with Crippen LogP contribution in [0.1, 0.15) is 5.56 Å². The van der Waals surface area contributed by atoms with Gasteiger partial charge in [-0.05, 0) is 24.1 Å². The van der Waals surface area contributed by atoms with Crippen molar-refractivity contribution in [2.75, 3.05) is 13.2 Å². The zero-order valence-electron chi connectivity index (χ0n) is 9.46. The number of nitrogens with one attached hydrogen (secondary N) is 1. The van der Waals surface area contributed by atoms with Gasteiger partial charge in [-0.3, -0.25) is 5.41 Å². The summed E-state index contributed by atoms with van der Waals surface area (Å²) in [5.41, 5.74) is 5.73. The van der Waals surface area contributed by atoms with E-state index in [2.05, 4.69) is 4.74 Å². The van der Waals surface area contributed by atoms with Gasteiger partial charge in [-0.15, -0.1) is 13.2 Å². The summed E-state index contributed by atoms with van der Waals surface area (Å²) in [6, 6.07) is 5.67. The Bertz CT molecular complexity index is 408. The van der Waals surface area contributed by atoms with E-state index in [9.17, 15) is 13.2 Å². The van der Waals surface area contributed by atoms with Crippen LogP contribution in [-0.4, -0.2) is 25.4 Å². The second-order valence-electron chi connectivity index (χ2n) is 3.52. The van der Waals surface area contributed by atoms with Crippen LogP contribution >= 0.6 is 0 Å². The SMILES string of the molecule is N=C(N)COCCc1cccc(OC(F)(F)F)c1. The van der Waals surface area contributed by atoms with Gasteiger partial charge in [0.25, 0.3) is 0 Å². The molecule has 4 nitrogen and oxygen atoms in total. The van der Waals surface area contributed by atoms with Crippen LogP contribution in [-0.2, 0) is 11.2 Å². The molecule has 0 radical (unpaired) electrons. The highest BCUT2D eigenvalue weighted by Gasteiger charge is 2.31. The van der Waals surface area contributed by atoms with E-state index in [1.54, 1.807) is 6.07 Å². The van der Waals surface area contributed by atoms with Gasteiger partial charge in [0.15, 0.2) is 0 Å². The standard InChI is InChI=1S/C11H13F3N2O2/c12-11(13,14)18-9-3-1-2-8(6-9)4-5-17-7-10(15)16/h1-3,6H,4-5,7H2,(H3,15,16). The Labute approximate surface area is 102 Å². The molecule has 0 aromatic heterocycles. The molecule has 0 atom stereocenters. The Kier molecular flexibility index (Phi) is 4.96. The fraction of sp³-hybridized carbons (Fsp3) is 0.364. The lowest BCUT2D eigenvalue weighted by Crippen LogP contribution is -2.18. The van der Waals surface area contributed by atoms with Crippen molar-refractivity contribution in [3.05, 3.63) is 29.8 Å². The Morgan fingerprint density at radius 1 is 1.33 bits per heavy atom. The van der Waals surface area contributed by atoms with E-state index in [1.807, 2.05) is 0 Å². The smallest absolute Gasteiger partial charge is 0.406 e. The van der Waals surface area contributed by atoms with Crippen molar-refractivity contribution in [3.8, 4) is 5.75 Å². The Balaban J connectivity index is 2.47. The molecule has 0 bridgehead atoms. The number of rotatable bonds is 6. The molecule has 0 saturated carbocycles. The first kappa shape index (κ1) is 14.3. The first-order valence-corrected chi connectivity index (χ1v) is 5.12. The largest absolute Gasteiger partial charge is 0.573 e. The summed E-state index contributed by atoms with van der Waals surface area (Å²) in [5, 5.41) is 6.92. The molecule has 0 aliphatic heterocycles. The summed E-state index contributed by atoms with van der Waals surface area (Å²) in [6.07, 6.45) is -4.27. The van der Waals surface area contributed by atoms with Crippen LogP contribution < -0.4 is 10.5 Å². The van der Waals surface area contributed by atoms with Crippen molar-refractivity contribution in [2.45, 2.75) is 12.8 Å². The molecule has 0 heterocycles. The molecule has 100 valence electrons. The third-order valence-corrected chi connectivity index (χ3v) is 1.92. The number of halogens is 3. The van der Waals surface area contributed by atoms with E-state index in [0.717, 1.165) is 0 Å². The predicted molar refractivity (Wildman–Crippen MR) is 59.6 cm³/mol. The fourth-order valence-electron chi connectivity index (χ4n) is 1.27. The number of hydrogen-bond acceptors (Lipinski definition) is 3. The summed E-state index contributed by atoms with van der Waals surface area (Å²) < 4.78 is 44.8. The number of amidine groups is 1. The number of hydrogen-bond donors (Lipinski definition) is 2. The molecule has 0 aliphatic carbocycles. The zero-order valence-corrected chi connectivity index (χ0v) is 9.46. The number of benzene rings is 1. The van der Waals surface area contributed by atoms with E-state index in [1.165, 1.54) is 18.2 Å². The quantitative estimate of drug-likeness (QED) is 0.468. The molecule has 0 aliphatic rings. The van der Waals surface area contributed by atoms with Gasteiger partial charge < -0.3 is 15.2 Å². The van der Waals surface area contributed by atoms with Crippen LogP contribution in [0, 0.1) is 5.41 Å². The molecule has 0 spiro atoms. The van der Waals surface area contributed by atoms with Crippen LogP contribution in [0.3, 0.4) is 0 Å². The van der Waals surface area contributed by atoms with E-state index in [-0.39, 0.29) is 24.8 Å². The zero-order chi connectivity index (χ0) is 13.6. The highest BCUT2D eigenvalue weighted by molar-refractivity contribution is 5.78. The molecule has 1 aromatic rings. The molecule has 18 heavy (non-hydrogen) atoms. The minimum absolute atomic E-state index is 0.0126. The molecule has 1 rings (SSSR count). The maximum absolute atomic E-state index is 12.0. The normalized spacial score (nSPS) is 11.3.